The fourth-order valence-electron chi connectivity index (χ4n) is 4.82. The number of urea groups is 1. The van der Waals surface area contributed by atoms with E-state index in [0.717, 1.165) is 44.0 Å². The molecule has 2 amide bonds. The van der Waals surface area contributed by atoms with Gasteiger partial charge in [-0.15, -0.1) is 0 Å². The molecule has 0 spiro atoms. The molecule has 1 fully saturated rings. The lowest BCUT2D eigenvalue weighted by atomic mass is 9.94. The van der Waals surface area contributed by atoms with Crippen molar-refractivity contribution in [1.82, 2.24) is 20.0 Å². The number of aryl methyl sites for hydroxylation is 1. The quantitative estimate of drug-likeness (QED) is 0.589. The Kier molecular flexibility index (Phi) is 8.21. The zero-order chi connectivity index (χ0) is 24.8. The van der Waals surface area contributed by atoms with Gasteiger partial charge in [0, 0.05) is 51.5 Å². The summed E-state index contributed by atoms with van der Waals surface area (Å²) in [5.74, 6) is -0.368. The second-order valence-corrected chi connectivity index (χ2v) is 9.16. The number of ether oxygens (including phenoxy) is 1. The number of esters is 1. The minimum Gasteiger partial charge on any atom is -0.463 e. The van der Waals surface area contributed by atoms with Crippen LogP contribution in [-0.4, -0.2) is 72.6 Å². The molecular weight excluding hydrogens is 440 g/mol. The largest absolute Gasteiger partial charge is 0.463 e. The zero-order valence-electron chi connectivity index (χ0n) is 21.0. The lowest BCUT2D eigenvalue weighted by Crippen LogP contribution is -2.53. The van der Waals surface area contributed by atoms with Gasteiger partial charge in [0.05, 0.1) is 18.2 Å². The predicted octanol–water partition coefficient (Wildman–Crippen LogP) is 3.72. The molecule has 7 heteroatoms. The summed E-state index contributed by atoms with van der Waals surface area (Å²) in [4.78, 5) is 32.7. The first-order valence-corrected chi connectivity index (χ1v) is 12.5. The lowest BCUT2D eigenvalue weighted by Gasteiger charge is -2.40. The third-order valence-electron chi connectivity index (χ3n) is 6.75. The second-order valence-electron chi connectivity index (χ2n) is 9.16. The van der Waals surface area contributed by atoms with E-state index in [9.17, 15) is 9.59 Å². The first kappa shape index (κ1) is 24.9. The molecular formula is C28H36N4O3. The van der Waals surface area contributed by atoms with Crippen molar-refractivity contribution < 1.29 is 14.3 Å². The van der Waals surface area contributed by atoms with Crippen molar-refractivity contribution >= 4 is 12.0 Å². The molecule has 0 aliphatic carbocycles. The van der Waals surface area contributed by atoms with Gasteiger partial charge in [-0.05, 0) is 31.9 Å². The number of nitrogens with zero attached hydrogens (tertiary/aromatic N) is 3. The monoisotopic (exact) mass is 476 g/mol. The van der Waals surface area contributed by atoms with Crippen molar-refractivity contribution in [3.63, 3.8) is 0 Å². The van der Waals surface area contributed by atoms with Gasteiger partial charge in [-0.2, -0.15) is 0 Å². The van der Waals surface area contributed by atoms with Crippen LogP contribution in [0.25, 0.3) is 0 Å². The summed E-state index contributed by atoms with van der Waals surface area (Å²) in [6.07, 6.45) is 0. The average molecular weight is 477 g/mol. The van der Waals surface area contributed by atoms with Gasteiger partial charge in [0.25, 0.3) is 0 Å². The smallest absolute Gasteiger partial charge is 0.338 e. The van der Waals surface area contributed by atoms with Crippen molar-refractivity contribution in [2.45, 2.75) is 33.4 Å². The summed E-state index contributed by atoms with van der Waals surface area (Å²) in [6, 6.07) is 17.6. The molecule has 2 aromatic carbocycles. The van der Waals surface area contributed by atoms with Crippen LogP contribution in [0.4, 0.5) is 4.79 Å². The van der Waals surface area contributed by atoms with Gasteiger partial charge in [0.2, 0.25) is 0 Å². The Hall–Kier alpha value is -3.16. The highest BCUT2D eigenvalue weighted by Gasteiger charge is 2.38. The Bertz CT molecular complexity index is 1040. The van der Waals surface area contributed by atoms with Crippen LogP contribution in [0, 0.1) is 6.92 Å². The summed E-state index contributed by atoms with van der Waals surface area (Å²) < 4.78 is 5.47. The Morgan fingerprint density at radius 1 is 0.943 bits per heavy atom. The first-order chi connectivity index (χ1) is 17.0. The highest BCUT2D eigenvalue weighted by molar-refractivity contribution is 5.95. The van der Waals surface area contributed by atoms with Crippen molar-refractivity contribution in [1.29, 1.82) is 0 Å². The average Bonchev–Trinajstić information content (AvgIpc) is 2.87. The number of benzene rings is 2. The van der Waals surface area contributed by atoms with E-state index >= 15 is 0 Å². The fourth-order valence-corrected chi connectivity index (χ4v) is 4.82. The van der Waals surface area contributed by atoms with Crippen LogP contribution < -0.4 is 5.32 Å². The summed E-state index contributed by atoms with van der Waals surface area (Å²) in [5, 5.41) is 3.03. The second kappa shape index (κ2) is 11.5. The predicted molar refractivity (Wildman–Crippen MR) is 137 cm³/mol. The molecule has 2 aliphatic heterocycles. The third-order valence-corrected chi connectivity index (χ3v) is 6.75. The molecule has 4 rings (SSSR count). The number of hydrogen-bond donors (Lipinski definition) is 1. The number of hydrogen-bond acceptors (Lipinski definition) is 5. The molecule has 0 saturated carbocycles. The molecule has 35 heavy (non-hydrogen) atoms. The molecule has 2 aliphatic rings. The Morgan fingerprint density at radius 3 is 2.17 bits per heavy atom. The molecule has 7 nitrogen and oxygen atoms in total. The zero-order valence-corrected chi connectivity index (χ0v) is 21.0. The topological polar surface area (TPSA) is 65.1 Å². The molecule has 1 atom stereocenters. The van der Waals surface area contributed by atoms with Crippen LogP contribution in [0.15, 0.2) is 65.9 Å². The number of carbonyl (C=O) groups is 2. The molecule has 186 valence electrons. The summed E-state index contributed by atoms with van der Waals surface area (Å²) in [6.45, 7) is 11.7. The van der Waals surface area contributed by atoms with Gasteiger partial charge in [-0.25, -0.2) is 9.59 Å². The molecule has 0 radical (unpaired) electrons. The van der Waals surface area contributed by atoms with E-state index in [2.05, 4.69) is 46.3 Å². The molecule has 1 saturated heterocycles. The van der Waals surface area contributed by atoms with E-state index < -0.39 is 6.04 Å². The van der Waals surface area contributed by atoms with E-state index in [1.165, 1.54) is 11.1 Å². The minimum absolute atomic E-state index is 0.178. The van der Waals surface area contributed by atoms with Crippen LogP contribution >= 0.6 is 0 Å². The molecule has 0 bridgehead atoms. The van der Waals surface area contributed by atoms with Crippen molar-refractivity contribution in [3.8, 4) is 0 Å². The number of piperazine rings is 1. The van der Waals surface area contributed by atoms with Crippen molar-refractivity contribution in [2.24, 2.45) is 0 Å². The van der Waals surface area contributed by atoms with Crippen molar-refractivity contribution in [2.75, 3.05) is 45.9 Å². The van der Waals surface area contributed by atoms with E-state index in [-0.39, 0.29) is 18.6 Å². The van der Waals surface area contributed by atoms with E-state index in [1.54, 1.807) is 4.90 Å². The highest BCUT2D eigenvalue weighted by Crippen LogP contribution is 2.32. The maximum absolute atomic E-state index is 13.2. The van der Waals surface area contributed by atoms with Gasteiger partial charge in [0.15, 0.2) is 0 Å². The number of amides is 2. The van der Waals surface area contributed by atoms with Crippen LogP contribution in [0.2, 0.25) is 0 Å². The maximum Gasteiger partial charge on any atom is 0.338 e. The number of carbonyl (C=O) groups excluding carboxylic acids is 2. The molecule has 2 heterocycles. The van der Waals surface area contributed by atoms with Crippen LogP contribution in [0.5, 0.6) is 0 Å². The lowest BCUT2D eigenvalue weighted by molar-refractivity contribution is -0.139. The van der Waals surface area contributed by atoms with Crippen LogP contribution in [0.1, 0.15) is 36.6 Å². The highest BCUT2D eigenvalue weighted by atomic mass is 16.5. The number of nitrogens with one attached hydrogen (secondary N) is 1. The maximum atomic E-state index is 13.2. The van der Waals surface area contributed by atoms with Crippen LogP contribution in [-0.2, 0) is 16.1 Å². The molecule has 2 aromatic rings. The summed E-state index contributed by atoms with van der Waals surface area (Å²) >= 11 is 0. The fraction of sp³-hybridized carbons (Fsp3) is 0.429. The van der Waals surface area contributed by atoms with E-state index in [4.69, 9.17) is 4.74 Å². The van der Waals surface area contributed by atoms with Gasteiger partial charge < -0.3 is 10.1 Å². The van der Waals surface area contributed by atoms with E-state index in [1.807, 2.05) is 44.2 Å². The molecule has 0 aromatic heterocycles. The van der Waals surface area contributed by atoms with Crippen LogP contribution in [0.3, 0.4) is 0 Å². The summed E-state index contributed by atoms with van der Waals surface area (Å²) in [5.41, 5.74) is 4.75. The third kappa shape index (κ3) is 5.92. The molecule has 0 unspecified atom stereocenters. The standard InChI is InChI=1S/C28H36N4O3/c1-4-32-24(20-31-17-15-30(16-18-31)19-22-13-11-21(3)12-14-22)25(27(33)35-5-2)26(29-28(32)34)23-9-7-6-8-10-23/h6-14,26H,4-5,15-20H2,1-3H3,(H,29,34)/t26-/m0/s1. The van der Waals surface area contributed by atoms with Crippen molar-refractivity contribution in [3.05, 3.63) is 82.6 Å². The number of likely N-dealkylation sites (N-methyl/N-ethyl adjacent to an activating group) is 1. The Balaban J connectivity index is 1.55. The first-order valence-electron chi connectivity index (χ1n) is 12.5. The van der Waals surface area contributed by atoms with Gasteiger partial charge in [-0.3, -0.25) is 14.7 Å². The number of rotatable bonds is 8. The normalized spacial score (nSPS) is 19.6. The SMILES string of the molecule is CCOC(=O)C1=C(CN2CCN(Cc3ccc(C)cc3)CC2)N(CC)C(=O)N[C@H]1c1ccccc1. The van der Waals surface area contributed by atoms with Gasteiger partial charge in [0.1, 0.15) is 0 Å². The Labute approximate surface area is 208 Å². The Morgan fingerprint density at radius 2 is 1.57 bits per heavy atom. The molecule has 1 N–H and O–H groups in total. The van der Waals surface area contributed by atoms with E-state index in [0.29, 0.717) is 18.7 Å². The summed E-state index contributed by atoms with van der Waals surface area (Å²) in [7, 11) is 0. The van der Waals surface area contributed by atoms with Gasteiger partial charge in [-0.1, -0.05) is 60.2 Å². The van der Waals surface area contributed by atoms with Gasteiger partial charge >= 0.3 is 12.0 Å². The minimum atomic E-state index is -0.525.